The average molecular weight is 268 g/mol. The third-order valence-electron chi connectivity index (χ3n) is 2.23. The summed E-state index contributed by atoms with van der Waals surface area (Å²) in [6, 6.07) is 7.11. The number of methoxy groups -OCH3 is 1. The third kappa shape index (κ3) is 5.11. The van der Waals surface area contributed by atoms with Crippen LogP contribution in [0.2, 0.25) is 0 Å². The molecule has 0 radical (unpaired) electrons. The highest BCUT2D eigenvalue weighted by Gasteiger charge is 2.08. The van der Waals surface area contributed by atoms with Crippen molar-refractivity contribution in [3.05, 3.63) is 24.3 Å². The summed E-state index contributed by atoms with van der Waals surface area (Å²) in [4.78, 5) is 0. The summed E-state index contributed by atoms with van der Waals surface area (Å²) in [5, 5.41) is 0. The van der Waals surface area contributed by atoms with Crippen molar-refractivity contribution < 1.29 is 17.9 Å². The standard InChI is InChI=1S/C13H16O4S/c1-3-10-18(14,15)11-4-9-17-13-7-5-12(16-2)6-8-13/h1,5-8H,4,9-11H2,2H3. The summed E-state index contributed by atoms with van der Waals surface area (Å²) in [5.74, 6) is 3.41. The van der Waals surface area contributed by atoms with Gasteiger partial charge in [-0.3, -0.25) is 0 Å². The number of rotatable bonds is 7. The number of sulfone groups is 1. The Morgan fingerprint density at radius 1 is 1.22 bits per heavy atom. The van der Waals surface area contributed by atoms with Crippen molar-refractivity contribution in [2.45, 2.75) is 6.42 Å². The molecule has 0 aliphatic carbocycles. The molecule has 0 atom stereocenters. The van der Waals surface area contributed by atoms with Gasteiger partial charge in [0.15, 0.2) is 9.84 Å². The smallest absolute Gasteiger partial charge is 0.161 e. The topological polar surface area (TPSA) is 52.6 Å². The molecule has 0 bridgehead atoms. The van der Waals surface area contributed by atoms with Crippen molar-refractivity contribution in [2.75, 3.05) is 25.2 Å². The molecule has 18 heavy (non-hydrogen) atoms. The molecule has 0 N–H and O–H groups in total. The Kier molecular flexibility index (Phi) is 5.53. The number of ether oxygens (including phenoxy) is 2. The van der Waals surface area contributed by atoms with Gasteiger partial charge >= 0.3 is 0 Å². The van der Waals surface area contributed by atoms with Crippen molar-refractivity contribution in [2.24, 2.45) is 0 Å². The van der Waals surface area contributed by atoms with Crippen LogP contribution in [0.5, 0.6) is 11.5 Å². The Morgan fingerprint density at radius 2 is 1.83 bits per heavy atom. The molecule has 0 unspecified atom stereocenters. The first-order chi connectivity index (χ1) is 8.57. The average Bonchev–Trinajstić information content (AvgIpc) is 2.35. The number of terminal acetylenes is 1. The molecule has 1 rings (SSSR count). The van der Waals surface area contributed by atoms with E-state index in [1.54, 1.807) is 31.4 Å². The Bertz CT molecular complexity index is 497. The van der Waals surface area contributed by atoms with Crippen LogP contribution < -0.4 is 9.47 Å². The van der Waals surface area contributed by atoms with Crippen LogP contribution in [-0.4, -0.2) is 33.6 Å². The molecule has 0 aliphatic rings. The summed E-state index contributed by atoms with van der Waals surface area (Å²) < 4.78 is 33.0. The van der Waals surface area contributed by atoms with Crippen LogP contribution in [-0.2, 0) is 9.84 Å². The second-order valence-corrected chi connectivity index (χ2v) is 5.86. The number of hydrogen-bond acceptors (Lipinski definition) is 4. The van der Waals surface area contributed by atoms with Crippen LogP contribution in [0.4, 0.5) is 0 Å². The van der Waals surface area contributed by atoms with Crippen molar-refractivity contribution in [1.82, 2.24) is 0 Å². The highest BCUT2D eigenvalue weighted by molar-refractivity contribution is 7.91. The van der Waals surface area contributed by atoms with Crippen molar-refractivity contribution in [3.63, 3.8) is 0 Å². The molecule has 0 saturated carbocycles. The van der Waals surface area contributed by atoms with E-state index in [1.165, 1.54) is 0 Å². The van der Waals surface area contributed by atoms with Crippen LogP contribution in [0.25, 0.3) is 0 Å². The van der Waals surface area contributed by atoms with Gasteiger partial charge in [0, 0.05) is 0 Å². The molecule has 0 aliphatic heterocycles. The molecule has 1 aromatic rings. The van der Waals surface area contributed by atoms with Gasteiger partial charge in [0.25, 0.3) is 0 Å². The summed E-state index contributed by atoms with van der Waals surface area (Å²) in [6.07, 6.45) is 5.39. The normalized spacial score (nSPS) is 10.7. The Hall–Kier alpha value is -1.67. The van der Waals surface area contributed by atoms with Gasteiger partial charge in [-0.15, -0.1) is 6.42 Å². The molecule has 1 aromatic carbocycles. The van der Waals surface area contributed by atoms with E-state index >= 15 is 0 Å². The Morgan fingerprint density at radius 3 is 2.39 bits per heavy atom. The Labute approximate surface area is 108 Å². The highest BCUT2D eigenvalue weighted by Crippen LogP contribution is 2.17. The van der Waals surface area contributed by atoms with E-state index in [9.17, 15) is 8.42 Å². The predicted molar refractivity (Wildman–Crippen MR) is 70.6 cm³/mol. The molecule has 0 saturated heterocycles. The molecule has 0 fully saturated rings. The molecule has 0 amide bonds. The first-order valence-corrected chi connectivity index (χ1v) is 7.30. The zero-order valence-electron chi connectivity index (χ0n) is 10.3. The van der Waals surface area contributed by atoms with Crippen molar-refractivity contribution in [1.29, 1.82) is 0 Å². The van der Waals surface area contributed by atoms with Gasteiger partial charge in [0.2, 0.25) is 0 Å². The third-order valence-corrected chi connectivity index (χ3v) is 3.75. The van der Waals surface area contributed by atoms with E-state index < -0.39 is 9.84 Å². The maximum atomic E-state index is 11.3. The van der Waals surface area contributed by atoms with Crippen LogP contribution in [0.1, 0.15) is 6.42 Å². The molecule has 4 nitrogen and oxygen atoms in total. The second kappa shape index (κ2) is 6.92. The van der Waals surface area contributed by atoms with Gasteiger partial charge in [-0.05, 0) is 30.7 Å². The molecular formula is C13H16O4S. The van der Waals surface area contributed by atoms with Crippen LogP contribution >= 0.6 is 0 Å². The van der Waals surface area contributed by atoms with Gasteiger partial charge in [-0.1, -0.05) is 5.92 Å². The predicted octanol–water partition coefficient (Wildman–Crippen LogP) is 1.51. The molecule has 0 heterocycles. The fourth-order valence-corrected chi connectivity index (χ4v) is 2.30. The lowest BCUT2D eigenvalue weighted by molar-refractivity contribution is 0.317. The minimum absolute atomic E-state index is 0.0490. The van der Waals surface area contributed by atoms with Gasteiger partial charge in [-0.25, -0.2) is 8.42 Å². The first-order valence-electron chi connectivity index (χ1n) is 5.48. The number of benzene rings is 1. The van der Waals surface area contributed by atoms with Crippen molar-refractivity contribution in [3.8, 4) is 23.8 Å². The molecule has 5 heteroatoms. The van der Waals surface area contributed by atoms with E-state index in [2.05, 4.69) is 5.92 Å². The van der Waals surface area contributed by atoms with Crippen LogP contribution in [0.15, 0.2) is 24.3 Å². The van der Waals surface area contributed by atoms with E-state index in [0.29, 0.717) is 18.8 Å². The van der Waals surface area contributed by atoms with E-state index in [-0.39, 0.29) is 11.5 Å². The maximum Gasteiger partial charge on any atom is 0.161 e. The lowest BCUT2D eigenvalue weighted by Crippen LogP contribution is -2.12. The number of hydrogen-bond donors (Lipinski definition) is 0. The van der Waals surface area contributed by atoms with Crippen LogP contribution in [0, 0.1) is 12.3 Å². The highest BCUT2D eigenvalue weighted by atomic mass is 32.2. The first kappa shape index (κ1) is 14.4. The minimum atomic E-state index is -3.13. The monoisotopic (exact) mass is 268 g/mol. The van der Waals surface area contributed by atoms with E-state index in [1.807, 2.05) is 0 Å². The summed E-state index contributed by atoms with van der Waals surface area (Å²) in [6.45, 7) is 0.343. The largest absolute Gasteiger partial charge is 0.497 e. The SMILES string of the molecule is C#CCS(=O)(=O)CCCOc1ccc(OC)cc1. The van der Waals surface area contributed by atoms with E-state index in [0.717, 1.165) is 5.75 Å². The Balaban J connectivity index is 2.32. The van der Waals surface area contributed by atoms with Gasteiger partial charge < -0.3 is 9.47 Å². The lowest BCUT2D eigenvalue weighted by Gasteiger charge is -2.06. The lowest BCUT2D eigenvalue weighted by atomic mass is 10.3. The maximum absolute atomic E-state index is 11.3. The molecule has 0 aromatic heterocycles. The molecule has 0 spiro atoms. The van der Waals surface area contributed by atoms with E-state index in [4.69, 9.17) is 15.9 Å². The molecule has 98 valence electrons. The van der Waals surface area contributed by atoms with Crippen LogP contribution in [0.3, 0.4) is 0 Å². The quantitative estimate of drug-likeness (QED) is 0.555. The zero-order chi connectivity index (χ0) is 13.4. The second-order valence-electron chi connectivity index (χ2n) is 3.67. The van der Waals surface area contributed by atoms with Crippen molar-refractivity contribution >= 4 is 9.84 Å². The van der Waals surface area contributed by atoms with Gasteiger partial charge in [0.1, 0.15) is 17.3 Å². The zero-order valence-corrected chi connectivity index (χ0v) is 11.1. The molecular weight excluding hydrogens is 252 g/mol. The van der Waals surface area contributed by atoms with Gasteiger partial charge in [-0.2, -0.15) is 0 Å². The fourth-order valence-electron chi connectivity index (χ4n) is 1.34. The fraction of sp³-hybridized carbons (Fsp3) is 0.385. The summed E-state index contributed by atoms with van der Waals surface area (Å²) >= 11 is 0. The summed E-state index contributed by atoms with van der Waals surface area (Å²) in [5.41, 5.74) is 0. The minimum Gasteiger partial charge on any atom is -0.497 e. The summed E-state index contributed by atoms with van der Waals surface area (Å²) in [7, 11) is -1.54. The van der Waals surface area contributed by atoms with Gasteiger partial charge in [0.05, 0.1) is 19.5 Å².